The molecule has 124 valence electrons. The number of allylic oxidation sites excluding steroid dienone is 1. The molecule has 2 heterocycles. The number of benzene rings is 1. The van der Waals surface area contributed by atoms with Gasteiger partial charge in [0.25, 0.3) is 0 Å². The normalized spacial score (nSPS) is 11.8. The van der Waals surface area contributed by atoms with E-state index in [-0.39, 0.29) is 5.91 Å². The Kier molecular flexibility index (Phi) is 4.07. The topological polar surface area (TPSA) is 84.8 Å². The summed E-state index contributed by atoms with van der Waals surface area (Å²) in [4.78, 5) is 12.3. The van der Waals surface area contributed by atoms with Crippen LogP contribution < -0.4 is 10.1 Å². The zero-order valence-corrected chi connectivity index (χ0v) is 14.0. The van der Waals surface area contributed by atoms with Crippen molar-refractivity contribution in [2.24, 2.45) is 7.05 Å². The van der Waals surface area contributed by atoms with Gasteiger partial charge in [0.05, 0.1) is 18.2 Å². The van der Waals surface area contributed by atoms with Crippen molar-refractivity contribution >= 4 is 28.3 Å². The first-order valence-corrected chi connectivity index (χ1v) is 7.51. The number of aromatic amines is 1. The fourth-order valence-corrected chi connectivity index (χ4v) is 2.62. The fourth-order valence-electron chi connectivity index (χ4n) is 2.62. The zero-order chi connectivity index (χ0) is 17.3. The molecule has 2 aromatic heterocycles. The van der Waals surface area contributed by atoms with Crippen LogP contribution in [0.15, 0.2) is 30.3 Å². The van der Waals surface area contributed by atoms with Crippen LogP contribution in [0.3, 0.4) is 0 Å². The number of anilines is 1. The predicted octanol–water partition coefficient (Wildman–Crippen LogP) is 2.66. The highest BCUT2D eigenvalue weighted by Gasteiger charge is 2.14. The number of nitrogens with one attached hydrogen (secondary N) is 2. The molecule has 0 atom stereocenters. The Balaban J connectivity index is 1.80. The van der Waals surface area contributed by atoms with E-state index in [4.69, 9.17) is 4.74 Å². The second-order valence-corrected chi connectivity index (χ2v) is 5.55. The zero-order valence-electron chi connectivity index (χ0n) is 14.0. The maximum absolute atomic E-state index is 12.3. The van der Waals surface area contributed by atoms with Gasteiger partial charge >= 0.3 is 0 Å². The molecule has 0 saturated carbocycles. The van der Waals surface area contributed by atoms with E-state index in [1.165, 1.54) is 0 Å². The first-order chi connectivity index (χ1) is 11.5. The van der Waals surface area contributed by atoms with Crippen molar-refractivity contribution in [1.29, 1.82) is 0 Å². The van der Waals surface area contributed by atoms with Crippen LogP contribution in [-0.2, 0) is 11.8 Å². The number of nitrogens with zero attached hydrogens (tertiary/aromatic N) is 3. The van der Waals surface area contributed by atoms with Gasteiger partial charge in [-0.15, -0.1) is 0 Å². The second-order valence-electron chi connectivity index (χ2n) is 5.55. The first-order valence-electron chi connectivity index (χ1n) is 7.51. The highest BCUT2D eigenvalue weighted by molar-refractivity contribution is 6.07. The van der Waals surface area contributed by atoms with Gasteiger partial charge in [0.2, 0.25) is 5.91 Å². The summed E-state index contributed by atoms with van der Waals surface area (Å²) in [7, 11) is 3.44. The third-order valence-corrected chi connectivity index (χ3v) is 3.86. The predicted molar refractivity (Wildman–Crippen MR) is 92.9 cm³/mol. The Hall–Kier alpha value is -3.09. The van der Waals surface area contributed by atoms with E-state index >= 15 is 0 Å². The Labute approximate surface area is 139 Å². The number of hydrogen-bond acceptors (Lipinski definition) is 4. The van der Waals surface area contributed by atoms with E-state index in [9.17, 15) is 4.79 Å². The van der Waals surface area contributed by atoms with Crippen molar-refractivity contribution < 1.29 is 9.53 Å². The molecule has 0 unspecified atom stereocenters. The van der Waals surface area contributed by atoms with Gasteiger partial charge in [-0.2, -0.15) is 10.2 Å². The lowest BCUT2D eigenvalue weighted by Gasteiger charge is -2.04. The Morgan fingerprint density at radius 1 is 1.33 bits per heavy atom. The monoisotopic (exact) mass is 325 g/mol. The summed E-state index contributed by atoms with van der Waals surface area (Å²) in [5.41, 5.74) is 3.33. The van der Waals surface area contributed by atoms with E-state index in [0.29, 0.717) is 11.5 Å². The van der Waals surface area contributed by atoms with Gasteiger partial charge in [0, 0.05) is 13.1 Å². The standard InChI is InChI=1S/C17H19N5O2/c1-10(12-5-7-13(24-4)8-6-12)9-14(23)18-16-15-11(2)21-22(3)17(15)20-19-16/h5-9H,1-4H3,(H2,18,19,20,23). The third-order valence-electron chi connectivity index (χ3n) is 3.86. The summed E-state index contributed by atoms with van der Waals surface area (Å²) in [6.07, 6.45) is 1.56. The SMILES string of the molecule is COc1ccc(C(C)=CC(=O)Nc2[nH]nc3c2c(C)nn3C)cc1. The van der Waals surface area contributed by atoms with E-state index in [2.05, 4.69) is 20.6 Å². The highest BCUT2D eigenvalue weighted by atomic mass is 16.5. The van der Waals surface area contributed by atoms with Crippen LogP contribution >= 0.6 is 0 Å². The molecule has 0 bridgehead atoms. The highest BCUT2D eigenvalue weighted by Crippen LogP contribution is 2.23. The lowest BCUT2D eigenvalue weighted by molar-refractivity contribution is -0.111. The molecular weight excluding hydrogens is 306 g/mol. The number of amides is 1. The first kappa shape index (κ1) is 15.8. The average molecular weight is 325 g/mol. The number of carbonyl (C=O) groups excluding carboxylic acids is 1. The molecule has 1 aromatic carbocycles. The van der Waals surface area contributed by atoms with Crippen LogP contribution in [0.2, 0.25) is 0 Å². The van der Waals surface area contributed by atoms with Crippen molar-refractivity contribution in [1.82, 2.24) is 20.0 Å². The van der Waals surface area contributed by atoms with Crippen molar-refractivity contribution in [3.63, 3.8) is 0 Å². The minimum atomic E-state index is -0.225. The molecule has 7 nitrogen and oxygen atoms in total. The number of methoxy groups -OCH3 is 1. The van der Waals surface area contributed by atoms with Gasteiger partial charge in [0.15, 0.2) is 5.65 Å². The molecule has 24 heavy (non-hydrogen) atoms. The summed E-state index contributed by atoms with van der Waals surface area (Å²) in [5, 5.41) is 15.0. The van der Waals surface area contributed by atoms with Crippen molar-refractivity contribution in [3.05, 3.63) is 41.6 Å². The van der Waals surface area contributed by atoms with Gasteiger partial charge in [-0.25, -0.2) is 4.68 Å². The number of aromatic nitrogens is 4. The van der Waals surface area contributed by atoms with E-state index in [1.54, 1.807) is 17.9 Å². The van der Waals surface area contributed by atoms with Gasteiger partial charge in [0.1, 0.15) is 11.6 Å². The lowest BCUT2D eigenvalue weighted by atomic mass is 10.1. The summed E-state index contributed by atoms with van der Waals surface area (Å²) in [6, 6.07) is 7.55. The Morgan fingerprint density at radius 3 is 2.71 bits per heavy atom. The molecule has 0 aliphatic rings. The van der Waals surface area contributed by atoms with E-state index in [0.717, 1.165) is 28.0 Å². The van der Waals surface area contributed by atoms with Gasteiger partial charge in [-0.05, 0) is 37.1 Å². The van der Waals surface area contributed by atoms with Gasteiger partial charge in [-0.3, -0.25) is 9.89 Å². The van der Waals surface area contributed by atoms with E-state index < -0.39 is 0 Å². The summed E-state index contributed by atoms with van der Waals surface area (Å²) in [5.74, 6) is 1.11. The number of H-pyrrole nitrogens is 1. The van der Waals surface area contributed by atoms with E-state index in [1.807, 2.05) is 45.2 Å². The molecule has 2 N–H and O–H groups in total. The maximum atomic E-state index is 12.3. The molecule has 0 fully saturated rings. The molecule has 3 aromatic rings. The smallest absolute Gasteiger partial charge is 0.249 e. The number of rotatable bonds is 4. The summed E-state index contributed by atoms with van der Waals surface area (Å²) < 4.78 is 6.81. The molecule has 7 heteroatoms. The van der Waals surface area contributed by atoms with Gasteiger partial charge < -0.3 is 10.1 Å². The Bertz CT molecular complexity index is 919. The van der Waals surface area contributed by atoms with Crippen molar-refractivity contribution in [2.75, 3.05) is 12.4 Å². The molecule has 0 radical (unpaired) electrons. The molecule has 0 aliphatic heterocycles. The number of hydrogen-bond donors (Lipinski definition) is 2. The van der Waals surface area contributed by atoms with Crippen LogP contribution in [0.25, 0.3) is 16.6 Å². The number of aryl methyl sites for hydroxylation is 2. The largest absolute Gasteiger partial charge is 0.497 e. The summed E-state index contributed by atoms with van der Waals surface area (Å²) in [6.45, 7) is 3.77. The minimum absolute atomic E-state index is 0.225. The van der Waals surface area contributed by atoms with Gasteiger partial charge in [-0.1, -0.05) is 12.1 Å². The minimum Gasteiger partial charge on any atom is -0.497 e. The van der Waals surface area contributed by atoms with Crippen molar-refractivity contribution in [3.8, 4) is 5.75 Å². The quantitative estimate of drug-likeness (QED) is 0.722. The van der Waals surface area contributed by atoms with Crippen LogP contribution in [0.1, 0.15) is 18.2 Å². The number of carbonyl (C=O) groups is 1. The maximum Gasteiger partial charge on any atom is 0.249 e. The number of fused-ring (bicyclic) bond motifs is 1. The molecule has 0 spiro atoms. The lowest BCUT2D eigenvalue weighted by Crippen LogP contribution is -2.09. The molecule has 0 aliphatic carbocycles. The average Bonchev–Trinajstić information content (AvgIpc) is 3.10. The summed E-state index contributed by atoms with van der Waals surface area (Å²) >= 11 is 0. The second kappa shape index (κ2) is 6.19. The molecule has 3 rings (SSSR count). The number of ether oxygens (including phenoxy) is 1. The van der Waals surface area contributed by atoms with Crippen LogP contribution in [0, 0.1) is 6.92 Å². The molecular formula is C17H19N5O2. The molecule has 1 amide bonds. The van der Waals surface area contributed by atoms with Crippen molar-refractivity contribution in [2.45, 2.75) is 13.8 Å². The third kappa shape index (κ3) is 2.88. The molecule has 0 saturated heterocycles. The Morgan fingerprint density at radius 2 is 2.04 bits per heavy atom. The van der Waals surface area contributed by atoms with Crippen LogP contribution in [-0.4, -0.2) is 33.0 Å². The van der Waals surface area contributed by atoms with Crippen LogP contribution in [0.5, 0.6) is 5.75 Å². The van der Waals surface area contributed by atoms with Crippen LogP contribution in [0.4, 0.5) is 5.82 Å². The fraction of sp³-hybridized carbons (Fsp3) is 0.235.